The second-order valence-corrected chi connectivity index (χ2v) is 9.60. The van der Waals surface area contributed by atoms with Gasteiger partial charge in [-0.3, -0.25) is 9.80 Å². The number of nitrogens with zero attached hydrogens (tertiary/aromatic N) is 4. The van der Waals surface area contributed by atoms with E-state index in [0.717, 1.165) is 45.6 Å². The van der Waals surface area contributed by atoms with E-state index >= 15 is 0 Å². The molecular formula is C23H28N4S. The van der Waals surface area contributed by atoms with Crippen molar-refractivity contribution in [2.45, 2.75) is 38.4 Å². The highest BCUT2D eigenvalue weighted by Crippen LogP contribution is 2.41. The first-order chi connectivity index (χ1) is 13.7. The molecule has 0 aliphatic carbocycles. The van der Waals surface area contributed by atoms with E-state index < -0.39 is 0 Å². The van der Waals surface area contributed by atoms with Crippen molar-refractivity contribution in [1.29, 1.82) is 0 Å². The lowest BCUT2D eigenvalue weighted by Gasteiger charge is -2.49. The van der Waals surface area contributed by atoms with Gasteiger partial charge in [-0.05, 0) is 44.5 Å². The first-order valence-electron chi connectivity index (χ1n) is 10.3. The lowest BCUT2D eigenvalue weighted by Crippen LogP contribution is -2.56. The average molecular weight is 393 g/mol. The van der Waals surface area contributed by atoms with Crippen molar-refractivity contribution >= 4 is 11.3 Å². The molecule has 0 saturated carbocycles. The van der Waals surface area contributed by atoms with Gasteiger partial charge in [0.2, 0.25) is 0 Å². The van der Waals surface area contributed by atoms with Gasteiger partial charge in [0.15, 0.2) is 0 Å². The van der Waals surface area contributed by atoms with Crippen LogP contribution in [0.3, 0.4) is 0 Å². The second kappa shape index (κ2) is 7.14. The van der Waals surface area contributed by atoms with Crippen molar-refractivity contribution in [3.05, 3.63) is 64.2 Å². The van der Waals surface area contributed by atoms with Gasteiger partial charge in [0.25, 0.3) is 0 Å². The predicted molar refractivity (Wildman–Crippen MR) is 116 cm³/mol. The van der Waals surface area contributed by atoms with Crippen LogP contribution in [0.5, 0.6) is 0 Å². The van der Waals surface area contributed by atoms with Gasteiger partial charge in [-0.25, -0.2) is 4.98 Å². The first kappa shape index (κ1) is 18.1. The summed E-state index contributed by atoms with van der Waals surface area (Å²) in [5.74, 6) is 1.27. The lowest BCUT2D eigenvalue weighted by atomic mass is 9.83. The number of likely N-dealkylation sites (tertiary alicyclic amines) is 1. The van der Waals surface area contributed by atoms with E-state index in [1.54, 1.807) is 0 Å². The Morgan fingerprint density at radius 3 is 2.50 bits per heavy atom. The third kappa shape index (κ3) is 3.02. The minimum absolute atomic E-state index is 0.0765. The molecular weight excluding hydrogens is 364 g/mol. The summed E-state index contributed by atoms with van der Waals surface area (Å²) in [6, 6.07) is 15.2. The smallest absolute Gasteiger partial charge is 0.129 e. The summed E-state index contributed by atoms with van der Waals surface area (Å²) in [5, 5.41) is 0. The molecule has 0 unspecified atom stereocenters. The molecule has 1 aromatic carbocycles. The monoisotopic (exact) mass is 392 g/mol. The van der Waals surface area contributed by atoms with Crippen molar-refractivity contribution in [2.24, 2.45) is 0 Å². The Labute approximate surface area is 171 Å². The summed E-state index contributed by atoms with van der Waals surface area (Å²) >= 11 is 1.93. The molecule has 0 bridgehead atoms. The molecule has 28 heavy (non-hydrogen) atoms. The number of piperidine rings is 1. The SMILES string of the molecule is Cc1ccc(CN2CCC3(CC2)c2ncc(-c4ccccc4)n2CCN3C)s1. The number of benzene rings is 1. The molecule has 0 N–H and O–H groups in total. The zero-order valence-corrected chi connectivity index (χ0v) is 17.6. The van der Waals surface area contributed by atoms with Gasteiger partial charge in [0.05, 0.1) is 17.4 Å². The first-order valence-corrected chi connectivity index (χ1v) is 11.1. The maximum Gasteiger partial charge on any atom is 0.129 e. The Morgan fingerprint density at radius 2 is 1.79 bits per heavy atom. The largest absolute Gasteiger partial charge is 0.325 e. The van der Waals surface area contributed by atoms with Crippen LogP contribution in [0.15, 0.2) is 48.7 Å². The minimum atomic E-state index is 0.0765. The molecule has 4 nitrogen and oxygen atoms in total. The van der Waals surface area contributed by atoms with Crippen LogP contribution in [0, 0.1) is 6.92 Å². The Kier molecular flexibility index (Phi) is 4.62. The summed E-state index contributed by atoms with van der Waals surface area (Å²) < 4.78 is 2.48. The Morgan fingerprint density at radius 1 is 1.00 bits per heavy atom. The number of likely N-dealkylation sites (N-methyl/N-ethyl adjacent to an activating group) is 1. The molecule has 1 spiro atoms. The van der Waals surface area contributed by atoms with Gasteiger partial charge in [-0.2, -0.15) is 0 Å². The normalized spacial score (nSPS) is 19.8. The molecule has 5 rings (SSSR count). The van der Waals surface area contributed by atoms with Crippen molar-refractivity contribution in [1.82, 2.24) is 19.4 Å². The Bertz CT molecular complexity index is 950. The molecule has 3 aromatic rings. The van der Waals surface area contributed by atoms with Crippen molar-refractivity contribution in [3.8, 4) is 11.3 Å². The highest BCUT2D eigenvalue weighted by molar-refractivity contribution is 7.11. The van der Waals surface area contributed by atoms with E-state index in [0.29, 0.717) is 0 Å². The summed E-state index contributed by atoms with van der Waals surface area (Å²) in [6.07, 6.45) is 4.39. The van der Waals surface area contributed by atoms with E-state index in [1.165, 1.54) is 26.8 Å². The summed E-state index contributed by atoms with van der Waals surface area (Å²) in [7, 11) is 2.29. The minimum Gasteiger partial charge on any atom is -0.325 e. The lowest BCUT2D eigenvalue weighted by molar-refractivity contribution is 0.00725. The fourth-order valence-corrected chi connectivity index (χ4v) is 5.86. The second-order valence-electron chi connectivity index (χ2n) is 8.23. The molecule has 0 amide bonds. The number of hydrogen-bond acceptors (Lipinski definition) is 4. The van der Waals surface area contributed by atoms with Gasteiger partial charge >= 0.3 is 0 Å². The molecule has 1 saturated heterocycles. The van der Waals surface area contributed by atoms with Crippen molar-refractivity contribution in [3.63, 3.8) is 0 Å². The van der Waals surface area contributed by atoms with Gasteiger partial charge in [0.1, 0.15) is 5.82 Å². The Balaban J connectivity index is 1.40. The molecule has 1 fully saturated rings. The van der Waals surface area contributed by atoms with Gasteiger partial charge in [-0.15, -0.1) is 11.3 Å². The van der Waals surface area contributed by atoms with Crippen LogP contribution in [0.1, 0.15) is 28.4 Å². The van der Waals surface area contributed by atoms with Crippen molar-refractivity contribution in [2.75, 3.05) is 26.7 Å². The number of aryl methyl sites for hydroxylation is 1. The van der Waals surface area contributed by atoms with E-state index in [4.69, 9.17) is 4.98 Å². The number of fused-ring (bicyclic) bond motifs is 2. The Hall–Kier alpha value is -1.95. The van der Waals surface area contributed by atoms with Gasteiger partial charge in [0, 0.05) is 42.5 Å². The topological polar surface area (TPSA) is 24.3 Å². The maximum atomic E-state index is 4.98. The molecule has 0 atom stereocenters. The van der Waals surface area contributed by atoms with Crippen LogP contribution < -0.4 is 0 Å². The predicted octanol–water partition coefficient (Wildman–Crippen LogP) is 4.36. The fraction of sp³-hybridized carbons (Fsp3) is 0.435. The van der Waals surface area contributed by atoms with Crippen LogP contribution in [-0.2, 0) is 18.6 Å². The van der Waals surface area contributed by atoms with Crippen LogP contribution in [0.4, 0.5) is 0 Å². The molecule has 0 radical (unpaired) electrons. The molecule has 2 aromatic heterocycles. The van der Waals surface area contributed by atoms with Gasteiger partial charge < -0.3 is 4.57 Å². The number of imidazole rings is 1. The fourth-order valence-electron chi connectivity index (χ4n) is 4.92. The third-order valence-corrected chi connectivity index (χ3v) is 7.58. The third-order valence-electron chi connectivity index (χ3n) is 6.59. The number of aromatic nitrogens is 2. The van der Waals surface area contributed by atoms with E-state index in [-0.39, 0.29) is 5.54 Å². The summed E-state index contributed by atoms with van der Waals surface area (Å²) in [6.45, 7) is 7.66. The van der Waals surface area contributed by atoms with Gasteiger partial charge in [-0.1, -0.05) is 30.3 Å². The van der Waals surface area contributed by atoms with Crippen LogP contribution in [0.2, 0.25) is 0 Å². The standard InChI is InChI=1S/C23H28N4S/c1-18-8-9-20(28-18)17-26-12-10-23(11-13-26)22-24-16-21(19-6-4-3-5-7-19)27(22)15-14-25(23)2/h3-9,16H,10-15,17H2,1-2H3. The van der Waals surface area contributed by atoms with Crippen LogP contribution >= 0.6 is 11.3 Å². The molecule has 4 heterocycles. The number of rotatable bonds is 3. The van der Waals surface area contributed by atoms with Crippen molar-refractivity contribution < 1.29 is 0 Å². The van der Waals surface area contributed by atoms with Crippen LogP contribution in [-0.4, -0.2) is 46.0 Å². The molecule has 5 heteroatoms. The summed E-state index contributed by atoms with van der Waals surface area (Å²) in [4.78, 5) is 13.1. The molecule has 146 valence electrons. The zero-order valence-electron chi connectivity index (χ0n) is 16.8. The molecule has 2 aliphatic rings. The average Bonchev–Trinajstić information content (AvgIpc) is 3.34. The zero-order chi connectivity index (χ0) is 19.1. The highest BCUT2D eigenvalue weighted by Gasteiger charge is 2.45. The highest BCUT2D eigenvalue weighted by atomic mass is 32.1. The van der Waals surface area contributed by atoms with E-state index in [1.807, 2.05) is 11.3 Å². The summed E-state index contributed by atoms with van der Waals surface area (Å²) in [5.41, 5.74) is 2.61. The maximum absolute atomic E-state index is 4.98. The quantitative estimate of drug-likeness (QED) is 0.662. The van der Waals surface area contributed by atoms with E-state index in [9.17, 15) is 0 Å². The van der Waals surface area contributed by atoms with E-state index in [2.05, 4.69) is 77.0 Å². The number of thiophene rings is 1. The molecule has 2 aliphatic heterocycles. The van der Waals surface area contributed by atoms with Crippen LogP contribution in [0.25, 0.3) is 11.3 Å². The number of hydrogen-bond donors (Lipinski definition) is 0.